The molecule has 2 aliphatic rings. The van der Waals surface area contributed by atoms with Crippen molar-refractivity contribution in [3.05, 3.63) is 143 Å². The Morgan fingerprint density at radius 1 is 0.784 bits per heavy atom. The number of hydrogen-bond acceptors (Lipinski definition) is 3. The second-order valence-electron chi connectivity index (χ2n) is 9.08. The van der Waals surface area contributed by atoms with Gasteiger partial charge in [0.15, 0.2) is 5.54 Å². The van der Waals surface area contributed by atoms with Crippen molar-refractivity contribution < 1.29 is 18.8 Å². The molecule has 0 aromatic heterocycles. The molecule has 0 saturated heterocycles. The number of hydrogen-bond donors (Lipinski definition) is 0. The lowest BCUT2D eigenvalue weighted by Crippen LogP contribution is -2.62. The van der Waals surface area contributed by atoms with Gasteiger partial charge in [0.05, 0.1) is 12.2 Å². The number of rotatable bonds is 3. The Morgan fingerprint density at radius 2 is 1.41 bits per heavy atom. The van der Waals surface area contributed by atoms with Crippen LogP contribution in [0.5, 0.6) is 0 Å². The summed E-state index contributed by atoms with van der Waals surface area (Å²) in [6.07, 6.45) is 0. The summed E-state index contributed by atoms with van der Waals surface area (Å²) in [6, 6.07) is 28.4. The van der Waals surface area contributed by atoms with Crippen molar-refractivity contribution >= 4 is 29.0 Å². The summed E-state index contributed by atoms with van der Waals surface area (Å²) in [6.45, 7) is 4.35. The molecule has 5 nitrogen and oxygen atoms in total. The van der Waals surface area contributed by atoms with Crippen LogP contribution in [0.25, 0.3) is 5.57 Å². The van der Waals surface area contributed by atoms with E-state index in [1.165, 1.54) is 34.1 Å². The van der Waals surface area contributed by atoms with E-state index in [2.05, 4.69) is 6.58 Å². The van der Waals surface area contributed by atoms with Gasteiger partial charge in [0, 0.05) is 22.3 Å². The standard InChI is InChI=1S/C31H21FN2O3/c1-20-24-11-6-8-14-27(24)34(28(35)22-15-17-23(32)18-16-22)31(20)26-13-7-5-12-25(26)29(36)33(30(31)37)19-21-9-3-2-4-10-21/h2-18H,1,19H2. The zero-order chi connectivity index (χ0) is 25.7. The van der Waals surface area contributed by atoms with Gasteiger partial charge in [0.2, 0.25) is 0 Å². The molecule has 6 heteroatoms. The molecule has 0 fully saturated rings. The molecule has 0 radical (unpaired) electrons. The van der Waals surface area contributed by atoms with Crippen molar-refractivity contribution in [1.82, 2.24) is 4.90 Å². The molecule has 4 aromatic rings. The first-order valence-corrected chi connectivity index (χ1v) is 11.8. The molecule has 0 saturated carbocycles. The Morgan fingerprint density at radius 3 is 2.14 bits per heavy atom. The Balaban J connectivity index is 1.62. The number of imide groups is 1. The summed E-state index contributed by atoms with van der Waals surface area (Å²) >= 11 is 0. The molecule has 6 rings (SSSR count). The highest BCUT2D eigenvalue weighted by Crippen LogP contribution is 2.56. The number of amides is 3. The van der Waals surface area contributed by atoms with E-state index in [-0.39, 0.29) is 12.1 Å². The number of fused-ring (bicyclic) bond motifs is 3. The van der Waals surface area contributed by atoms with Crippen molar-refractivity contribution in [2.24, 2.45) is 0 Å². The molecular weight excluding hydrogens is 467 g/mol. The molecule has 1 unspecified atom stereocenters. The van der Waals surface area contributed by atoms with Crippen LogP contribution in [-0.4, -0.2) is 22.6 Å². The smallest absolute Gasteiger partial charge is 0.265 e. The van der Waals surface area contributed by atoms with Crippen molar-refractivity contribution in [3.8, 4) is 0 Å². The van der Waals surface area contributed by atoms with Crippen LogP contribution in [0.3, 0.4) is 0 Å². The van der Waals surface area contributed by atoms with E-state index in [9.17, 15) is 18.8 Å². The lowest BCUT2D eigenvalue weighted by Gasteiger charge is -2.45. The number of nitrogens with zero attached hydrogens (tertiary/aromatic N) is 2. The molecule has 2 aliphatic heterocycles. The second-order valence-corrected chi connectivity index (χ2v) is 9.08. The number of halogens is 1. The van der Waals surface area contributed by atoms with Crippen molar-refractivity contribution in [1.29, 1.82) is 0 Å². The van der Waals surface area contributed by atoms with E-state index < -0.39 is 29.1 Å². The number of carbonyl (C=O) groups is 3. The number of anilines is 1. The molecule has 1 atom stereocenters. The average molecular weight is 489 g/mol. The van der Waals surface area contributed by atoms with Gasteiger partial charge in [-0.05, 0) is 47.5 Å². The first kappa shape index (κ1) is 22.6. The molecule has 2 heterocycles. The zero-order valence-electron chi connectivity index (χ0n) is 19.7. The van der Waals surface area contributed by atoms with Gasteiger partial charge in [-0.25, -0.2) is 4.39 Å². The van der Waals surface area contributed by atoms with Crippen LogP contribution in [0.2, 0.25) is 0 Å². The minimum absolute atomic E-state index is 0.0385. The first-order chi connectivity index (χ1) is 17.9. The molecule has 4 aromatic carbocycles. The Kier molecular flexibility index (Phi) is 5.12. The SMILES string of the molecule is C=C1c2ccccc2N(C(=O)c2ccc(F)cc2)C12C(=O)N(Cc1ccccc1)C(=O)c1ccccc12. The minimum atomic E-state index is -1.69. The summed E-state index contributed by atoms with van der Waals surface area (Å²) in [5.74, 6) is -1.97. The van der Waals surface area contributed by atoms with Crippen LogP contribution >= 0.6 is 0 Å². The molecule has 180 valence electrons. The summed E-state index contributed by atoms with van der Waals surface area (Å²) in [5.41, 5.74) is 1.55. The van der Waals surface area contributed by atoms with E-state index in [0.29, 0.717) is 28.0 Å². The molecule has 0 N–H and O–H groups in total. The Hall–Kier alpha value is -4.84. The topological polar surface area (TPSA) is 57.7 Å². The van der Waals surface area contributed by atoms with Gasteiger partial charge in [0.1, 0.15) is 5.82 Å². The van der Waals surface area contributed by atoms with Crippen molar-refractivity contribution in [3.63, 3.8) is 0 Å². The lowest BCUT2D eigenvalue weighted by atomic mass is 9.75. The van der Waals surface area contributed by atoms with Gasteiger partial charge < -0.3 is 0 Å². The van der Waals surface area contributed by atoms with Crippen LogP contribution in [-0.2, 0) is 16.9 Å². The summed E-state index contributed by atoms with van der Waals surface area (Å²) in [4.78, 5) is 45.0. The molecular formula is C31H21FN2O3. The number of para-hydroxylation sites is 1. The predicted molar refractivity (Wildman–Crippen MR) is 138 cm³/mol. The van der Waals surface area contributed by atoms with Crippen molar-refractivity contribution in [2.75, 3.05) is 4.90 Å². The highest BCUT2D eigenvalue weighted by Gasteiger charge is 2.62. The molecule has 1 spiro atoms. The number of carbonyl (C=O) groups excluding carboxylic acids is 3. The van der Waals surface area contributed by atoms with Gasteiger partial charge in [0.25, 0.3) is 17.7 Å². The Bertz CT molecular complexity index is 1600. The Labute approximate surface area is 213 Å². The fraction of sp³-hybridized carbons (Fsp3) is 0.0645. The number of benzene rings is 4. The van der Waals surface area contributed by atoms with E-state index in [1.54, 1.807) is 36.4 Å². The van der Waals surface area contributed by atoms with Gasteiger partial charge in [-0.1, -0.05) is 73.3 Å². The summed E-state index contributed by atoms with van der Waals surface area (Å²) in [5, 5.41) is 0. The average Bonchev–Trinajstić information content (AvgIpc) is 3.20. The van der Waals surface area contributed by atoms with E-state index in [0.717, 1.165) is 5.56 Å². The third-order valence-electron chi connectivity index (χ3n) is 7.07. The van der Waals surface area contributed by atoms with Crippen LogP contribution in [0.1, 0.15) is 37.4 Å². The van der Waals surface area contributed by atoms with Gasteiger partial charge in [-0.3, -0.25) is 24.2 Å². The van der Waals surface area contributed by atoms with Crippen LogP contribution in [0, 0.1) is 5.82 Å². The largest absolute Gasteiger partial charge is 0.284 e. The van der Waals surface area contributed by atoms with Crippen LogP contribution in [0.15, 0.2) is 110 Å². The predicted octanol–water partition coefficient (Wildman–Crippen LogP) is 5.58. The maximum atomic E-state index is 14.6. The highest BCUT2D eigenvalue weighted by atomic mass is 19.1. The summed E-state index contributed by atoms with van der Waals surface area (Å²) in [7, 11) is 0. The third-order valence-corrected chi connectivity index (χ3v) is 7.07. The zero-order valence-corrected chi connectivity index (χ0v) is 19.7. The molecule has 0 aliphatic carbocycles. The molecule has 37 heavy (non-hydrogen) atoms. The lowest BCUT2D eigenvalue weighted by molar-refractivity contribution is -0.133. The van der Waals surface area contributed by atoms with Crippen molar-refractivity contribution in [2.45, 2.75) is 12.1 Å². The minimum Gasteiger partial charge on any atom is -0.284 e. The molecule has 3 amide bonds. The summed E-state index contributed by atoms with van der Waals surface area (Å²) < 4.78 is 13.7. The first-order valence-electron chi connectivity index (χ1n) is 11.8. The molecule has 0 bridgehead atoms. The fourth-order valence-electron chi connectivity index (χ4n) is 5.37. The van der Waals surface area contributed by atoms with Crippen LogP contribution in [0.4, 0.5) is 10.1 Å². The van der Waals surface area contributed by atoms with E-state index in [1.807, 2.05) is 42.5 Å². The van der Waals surface area contributed by atoms with Gasteiger partial charge in [-0.15, -0.1) is 0 Å². The fourth-order valence-corrected chi connectivity index (χ4v) is 5.37. The highest BCUT2D eigenvalue weighted by molar-refractivity contribution is 6.27. The van der Waals surface area contributed by atoms with E-state index >= 15 is 0 Å². The second kappa shape index (κ2) is 8.38. The van der Waals surface area contributed by atoms with Crippen LogP contribution < -0.4 is 4.90 Å². The van der Waals surface area contributed by atoms with Gasteiger partial charge in [-0.2, -0.15) is 0 Å². The third kappa shape index (κ3) is 3.19. The quantitative estimate of drug-likeness (QED) is 0.354. The monoisotopic (exact) mass is 488 g/mol. The van der Waals surface area contributed by atoms with E-state index in [4.69, 9.17) is 0 Å². The normalized spacial score (nSPS) is 18.2. The maximum absolute atomic E-state index is 14.6. The maximum Gasteiger partial charge on any atom is 0.265 e. The van der Waals surface area contributed by atoms with Gasteiger partial charge >= 0.3 is 0 Å².